The van der Waals surface area contributed by atoms with Crippen molar-refractivity contribution in [1.82, 2.24) is 10.7 Å². The Labute approximate surface area is 137 Å². The standard InChI is InChI=1S/C16H23N3O2S/c1-4-9-17-16(22)19-18-12-13-7-8-14(21-10-5-2)15(11-13)20-6-3/h4,7-8,11-12H,1,5-6,9-10H2,2-3H3,(H2,17,19,22)/b18-12+. The number of ether oxygens (including phenoxy) is 2. The van der Waals surface area contributed by atoms with E-state index in [9.17, 15) is 0 Å². The van der Waals surface area contributed by atoms with Crippen LogP contribution in [0.4, 0.5) is 0 Å². The Morgan fingerprint density at radius 2 is 2.14 bits per heavy atom. The van der Waals surface area contributed by atoms with Crippen molar-refractivity contribution >= 4 is 23.5 Å². The van der Waals surface area contributed by atoms with E-state index in [1.807, 2.05) is 25.1 Å². The van der Waals surface area contributed by atoms with Gasteiger partial charge < -0.3 is 14.8 Å². The number of rotatable bonds is 9. The molecule has 1 aromatic carbocycles. The van der Waals surface area contributed by atoms with E-state index in [2.05, 4.69) is 29.3 Å². The Hall–Kier alpha value is -2.08. The summed E-state index contributed by atoms with van der Waals surface area (Å²) in [7, 11) is 0. The normalized spacial score (nSPS) is 10.3. The third kappa shape index (κ3) is 6.58. The van der Waals surface area contributed by atoms with Gasteiger partial charge in [0.25, 0.3) is 0 Å². The van der Waals surface area contributed by atoms with Crippen molar-refractivity contribution in [3.8, 4) is 11.5 Å². The molecule has 1 aromatic rings. The van der Waals surface area contributed by atoms with E-state index in [0.29, 0.717) is 30.6 Å². The Kier molecular flexibility index (Phi) is 8.67. The van der Waals surface area contributed by atoms with Crippen LogP contribution in [-0.2, 0) is 0 Å². The lowest BCUT2D eigenvalue weighted by Crippen LogP contribution is -2.31. The molecular formula is C16H23N3O2S. The fourth-order valence-electron chi connectivity index (χ4n) is 1.57. The summed E-state index contributed by atoms with van der Waals surface area (Å²) < 4.78 is 11.3. The molecule has 0 aliphatic heterocycles. The van der Waals surface area contributed by atoms with Crippen LogP contribution < -0.4 is 20.2 Å². The van der Waals surface area contributed by atoms with Gasteiger partial charge in [-0.3, -0.25) is 5.43 Å². The minimum atomic E-state index is 0.448. The highest BCUT2D eigenvalue weighted by Crippen LogP contribution is 2.28. The van der Waals surface area contributed by atoms with Crippen LogP contribution in [0.5, 0.6) is 11.5 Å². The van der Waals surface area contributed by atoms with Crippen LogP contribution in [0.15, 0.2) is 36.0 Å². The summed E-state index contributed by atoms with van der Waals surface area (Å²) in [5, 5.41) is 7.45. The first kappa shape index (κ1) is 18.0. The number of hydrogen-bond acceptors (Lipinski definition) is 4. The molecule has 0 amide bonds. The lowest BCUT2D eigenvalue weighted by molar-refractivity contribution is 0.277. The second kappa shape index (κ2) is 10.6. The maximum Gasteiger partial charge on any atom is 0.187 e. The third-order valence-electron chi connectivity index (χ3n) is 2.52. The molecule has 5 nitrogen and oxygen atoms in total. The highest BCUT2D eigenvalue weighted by atomic mass is 32.1. The molecule has 0 bridgehead atoms. The lowest BCUT2D eigenvalue weighted by atomic mass is 10.2. The average Bonchev–Trinajstić information content (AvgIpc) is 2.52. The fraction of sp³-hybridized carbons (Fsp3) is 0.375. The van der Waals surface area contributed by atoms with E-state index in [0.717, 1.165) is 17.7 Å². The summed E-state index contributed by atoms with van der Waals surface area (Å²) >= 11 is 5.04. The smallest absolute Gasteiger partial charge is 0.187 e. The molecular weight excluding hydrogens is 298 g/mol. The molecule has 0 aromatic heterocycles. The summed E-state index contributed by atoms with van der Waals surface area (Å²) in [6.45, 7) is 9.45. The first-order valence-corrected chi connectivity index (χ1v) is 7.69. The van der Waals surface area contributed by atoms with Crippen LogP contribution in [0, 0.1) is 0 Å². The highest BCUT2D eigenvalue weighted by Gasteiger charge is 2.05. The second-order valence-electron chi connectivity index (χ2n) is 4.36. The van der Waals surface area contributed by atoms with Crippen LogP contribution in [0.25, 0.3) is 0 Å². The SMILES string of the molecule is C=CCNC(=S)N/N=C/c1ccc(OCCC)c(OCC)c1. The molecule has 0 saturated carbocycles. The molecule has 0 atom stereocenters. The number of nitrogens with zero attached hydrogens (tertiary/aromatic N) is 1. The molecule has 0 heterocycles. The van der Waals surface area contributed by atoms with E-state index in [-0.39, 0.29) is 0 Å². The predicted molar refractivity (Wildman–Crippen MR) is 94.9 cm³/mol. The number of thiocarbonyl (C=S) groups is 1. The maximum absolute atomic E-state index is 5.66. The first-order chi connectivity index (χ1) is 10.7. The minimum Gasteiger partial charge on any atom is -0.490 e. The van der Waals surface area contributed by atoms with Gasteiger partial charge in [-0.25, -0.2) is 0 Å². The average molecular weight is 321 g/mol. The van der Waals surface area contributed by atoms with Crippen LogP contribution in [0.2, 0.25) is 0 Å². The molecule has 1 rings (SSSR count). The van der Waals surface area contributed by atoms with Crippen LogP contribution in [-0.4, -0.2) is 31.1 Å². The molecule has 0 fully saturated rings. The van der Waals surface area contributed by atoms with Gasteiger partial charge in [0.1, 0.15) is 0 Å². The summed E-state index contributed by atoms with van der Waals surface area (Å²) in [5.74, 6) is 1.46. The Morgan fingerprint density at radius 3 is 2.82 bits per heavy atom. The molecule has 0 spiro atoms. The van der Waals surface area contributed by atoms with Crippen molar-refractivity contribution in [3.63, 3.8) is 0 Å². The molecule has 2 N–H and O–H groups in total. The van der Waals surface area contributed by atoms with Crippen molar-refractivity contribution in [3.05, 3.63) is 36.4 Å². The Morgan fingerprint density at radius 1 is 1.32 bits per heavy atom. The summed E-state index contributed by atoms with van der Waals surface area (Å²) in [5.41, 5.74) is 3.63. The number of hydrogen-bond donors (Lipinski definition) is 2. The zero-order valence-corrected chi connectivity index (χ0v) is 13.9. The lowest BCUT2D eigenvalue weighted by Gasteiger charge is -2.11. The molecule has 6 heteroatoms. The summed E-state index contributed by atoms with van der Waals surface area (Å²) in [6, 6.07) is 5.69. The van der Waals surface area contributed by atoms with Gasteiger partial charge in [-0.15, -0.1) is 6.58 Å². The minimum absolute atomic E-state index is 0.448. The monoisotopic (exact) mass is 321 g/mol. The largest absolute Gasteiger partial charge is 0.490 e. The van der Waals surface area contributed by atoms with Gasteiger partial charge in [0.15, 0.2) is 16.6 Å². The van der Waals surface area contributed by atoms with E-state index in [1.54, 1.807) is 12.3 Å². The van der Waals surface area contributed by atoms with Gasteiger partial charge in [-0.05, 0) is 49.3 Å². The van der Waals surface area contributed by atoms with E-state index < -0.39 is 0 Å². The predicted octanol–water partition coefficient (Wildman–Crippen LogP) is 2.86. The van der Waals surface area contributed by atoms with E-state index >= 15 is 0 Å². The first-order valence-electron chi connectivity index (χ1n) is 7.28. The van der Waals surface area contributed by atoms with Gasteiger partial charge in [0, 0.05) is 6.54 Å². The fourth-order valence-corrected chi connectivity index (χ4v) is 1.71. The number of benzene rings is 1. The molecule has 22 heavy (non-hydrogen) atoms. The molecule has 0 radical (unpaired) electrons. The molecule has 0 aliphatic rings. The van der Waals surface area contributed by atoms with Gasteiger partial charge in [-0.1, -0.05) is 13.0 Å². The number of nitrogens with one attached hydrogen (secondary N) is 2. The van der Waals surface area contributed by atoms with Crippen LogP contribution in [0.1, 0.15) is 25.8 Å². The van der Waals surface area contributed by atoms with Crippen LogP contribution >= 0.6 is 12.2 Å². The van der Waals surface area contributed by atoms with E-state index in [1.165, 1.54) is 0 Å². The molecule has 0 aliphatic carbocycles. The maximum atomic E-state index is 5.66. The van der Waals surface area contributed by atoms with Gasteiger partial charge >= 0.3 is 0 Å². The summed E-state index contributed by atoms with van der Waals surface area (Å²) in [4.78, 5) is 0. The highest BCUT2D eigenvalue weighted by molar-refractivity contribution is 7.80. The van der Waals surface area contributed by atoms with Gasteiger partial charge in [0.2, 0.25) is 0 Å². The Bertz CT molecular complexity index is 518. The third-order valence-corrected chi connectivity index (χ3v) is 2.75. The molecule has 120 valence electrons. The molecule has 0 unspecified atom stereocenters. The quantitative estimate of drug-likeness (QED) is 0.317. The van der Waals surface area contributed by atoms with Gasteiger partial charge in [-0.2, -0.15) is 5.10 Å². The molecule has 0 saturated heterocycles. The number of hydrazone groups is 1. The van der Waals surface area contributed by atoms with Crippen molar-refractivity contribution < 1.29 is 9.47 Å². The second-order valence-corrected chi connectivity index (χ2v) is 4.76. The summed E-state index contributed by atoms with van der Waals surface area (Å²) in [6.07, 6.45) is 4.35. The van der Waals surface area contributed by atoms with Crippen molar-refractivity contribution in [2.75, 3.05) is 19.8 Å². The topological polar surface area (TPSA) is 54.9 Å². The van der Waals surface area contributed by atoms with Crippen molar-refractivity contribution in [1.29, 1.82) is 0 Å². The van der Waals surface area contributed by atoms with Crippen molar-refractivity contribution in [2.24, 2.45) is 5.10 Å². The zero-order chi connectivity index (χ0) is 16.2. The van der Waals surface area contributed by atoms with E-state index in [4.69, 9.17) is 21.7 Å². The van der Waals surface area contributed by atoms with Gasteiger partial charge in [0.05, 0.1) is 19.4 Å². The van der Waals surface area contributed by atoms with Crippen LogP contribution in [0.3, 0.4) is 0 Å². The zero-order valence-electron chi connectivity index (χ0n) is 13.1. The van der Waals surface area contributed by atoms with Crippen molar-refractivity contribution in [2.45, 2.75) is 20.3 Å². The Balaban J connectivity index is 2.68.